The van der Waals surface area contributed by atoms with Gasteiger partial charge in [0.2, 0.25) is 11.8 Å². The monoisotopic (exact) mass is 447 g/mol. The van der Waals surface area contributed by atoms with E-state index in [9.17, 15) is 14.4 Å². The van der Waals surface area contributed by atoms with Crippen molar-refractivity contribution in [2.45, 2.75) is 95.7 Å². The van der Waals surface area contributed by atoms with Gasteiger partial charge in [-0.3, -0.25) is 19.7 Å². The van der Waals surface area contributed by atoms with Crippen LogP contribution in [0.1, 0.15) is 86.7 Å². The number of carbonyl (C=O) groups is 3. The van der Waals surface area contributed by atoms with Gasteiger partial charge in [0.25, 0.3) is 5.91 Å². The second-order valence-corrected chi connectivity index (χ2v) is 11.6. The first kappa shape index (κ1) is 22.6. The lowest BCUT2D eigenvalue weighted by molar-refractivity contribution is -0.136. The summed E-state index contributed by atoms with van der Waals surface area (Å²) in [4.78, 5) is 38.4. The standard InChI is InChI=1S/C26H34BN3O3/c1-25(2)14-26(27,15-25)29-20-6-4-3-5-17(20)11-16-7-8-19-18(12-16)13-30(24(19)33)21-9-10-22(31)28-23(21)32/h7-8,12,17,20-21,29H,3-6,9-11,13-15H2,1-2H3,(H,28,31,32)/t17-,20+,21?/m1/s1. The fourth-order valence-corrected chi connectivity index (χ4v) is 6.83. The molecule has 1 saturated heterocycles. The van der Waals surface area contributed by atoms with Gasteiger partial charge >= 0.3 is 0 Å². The van der Waals surface area contributed by atoms with Crippen molar-refractivity contribution >= 4 is 25.6 Å². The van der Waals surface area contributed by atoms with E-state index in [0.29, 0.717) is 35.9 Å². The summed E-state index contributed by atoms with van der Waals surface area (Å²) in [6.45, 7) is 4.99. The van der Waals surface area contributed by atoms with Crippen LogP contribution in [0.3, 0.4) is 0 Å². The molecule has 33 heavy (non-hydrogen) atoms. The number of carbonyl (C=O) groups excluding carboxylic acids is 3. The molecule has 2 heterocycles. The minimum Gasteiger partial charge on any atom is -0.322 e. The molecule has 4 aliphatic rings. The summed E-state index contributed by atoms with van der Waals surface area (Å²) in [5.74, 6) is -0.202. The van der Waals surface area contributed by atoms with Crippen LogP contribution in [-0.2, 0) is 22.6 Å². The molecule has 3 atom stereocenters. The molecule has 3 amide bonds. The molecular formula is C26H34BN3O3. The van der Waals surface area contributed by atoms with E-state index in [1.165, 1.54) is 24.8 Å². The topological polar surface area (TPSA) is 78.5 Å². The van der Waals surface area contributed by atoms with E-state index in [-0.39, 0.29) is 29.6 Å². The Morgan fingerprint density at radius 1 is 1.12 bits per heavy atom. The third kappa shape index (κ3) is 4.49. The Morgan fingerprint density at radius 2 is 1.88 bits per heavy atom. The quantitative estimate of drug-likeness (QED) is 0.538. The number of nitrogens with zero attached hydrogens (tertiary/aromatic N) is 1. The molecule has 2 aliphatic heterocycles. The van der Waals surface area contributed by atoms with Crippen LogP contribution in [0.4, 0.5) is 0 Å². The van der Waals surface area contributed by atoms with Crippen LogP contribution in [0.5, 0.6) is 0 Å². The summed E-state index contributed by atoms with van der Waals surface area (Å²) in [5.41, 5.74) is 2.99. The first-order valence-electron chi connectivity index (χ1n) is 12.5. The van der Waals surface area contributed by atoms with E-state index in [1.807, 2.05) is 6.07 Å². The highest BCUT2D eigenvalue weighted by atomic mass is 16.2. The minimum absolute atomic E-state index is 0.110. The third-order valence-electron chi connectivity index (χ3n) is 8.06. The van der Waals surface area contributed by atoms with Crippen molar-refractivity contribution in [3.63, 3.8) is 0 Å². The molecule has 5 rings (SSSR count). The van der Waals surface area contributed by atoms with Gasteiger partial charge in [0, 0.05) is 24.6 Å². The van der Waals surface area contributed by atoms with E-state index in [0.717, 1.165) is 31.2 Å². The molecule has 1 aromatic rings. The van der Waals surface area contributed by atoms with Gasteiger partial charge in [-0.1, -0.05) is 38.8 Å². The molecule has 174 valence electrons. The third-order valence-corrected chi connectivity index (χ3v) is 8.06. The number of piperidine rings is 1. The number of hydrogen-bond donors (Lipinski definition) is 2. The summed E-state index contributed by atoms with van der Waals surface area (Å²) in [6, 6.07) is 6.00. The van der Waals surface area contributed by atoms with E-state index >= 15 is 0 Å². The zero-order valence-electron chi connectivity index (χ0n) is 19.8. The lowest BCUT2D eigenvalue weighted by atomic mass is 9.50. The van der Waals surface area contributed by atoms with Crippen LogP contribution in [-0.4, -0.2) is 48.0 Å². The second-order valence-electron chi connectivity index (χ2n) is 11.6. The normalized spacial score (nSPS) is 30.5. The maximum atomic E-state index is 13.0. The molecule has 2 aliphatic carbocycles. The van der Waals surface area contributed by atoms with E-state index in [1.54, 1.807) is 4.90 Å². The van der Waals surface area contributed by atoms with Crippen molar-refractivity contribution in [1.29, 1.82) is 0 Å². The molecular weight excluding hydrogens is 413 g/mol. The Bertz CT molecular complexity index is 983. The number of nitrogens with one attached hydrogen (secondary N) is 2. The van der Waals surface area contributed by atoms with Crippen LogP contribution in [0.25, 0.3) is 0 Å². The van der Waals surface area contributed by atoms with E-state index in [2.05, 4.69) is 36.6 Å². The highest BCUT2D eigenvalue weighted by molar-refractivity contribution is 6.16. The highest BCUT2D eigenvalue weighted by Gasteiger charge is 2.46. The SMILES string of the molecule is [B]C1(N[C@H]2CCCC[C@@H]2Cc2ccc3c(c2)CN(C2CCC(=O)NC2=O)C3=O)CC(C)(C)C1. The predicted molar refractivity (Wildman–Crippen MR) is 127 cm³/mol. The molecule has 1 aromatic carbocycles. The second kappa shape index (κ2) is 8.26. The Hall–Kier alpha value is -2.15. The molecule has 1 unspecified atom stereocenters. The molecule has 2 radical (unpaired) electrons. The number of benzene rings is 1. The van der Waals surface area contributed by atoms with Crippen LogP contribution < -0.4 is 10.6 Å². The zero-order valence-corrected chi connectivity index (χ0v) is 19.8. The summed E-state index contributed by atoms with van der Waals surface area (Å²) in [7, 11) is 6.65. The maximum absolute atomic E-state index is 13.0. The number of hydrogen-bond acceptors (Lipinski definition) is 4. The number of amides is 3. The predicted octanol–water partition coefficient (Wildman–Crippen LogP) is 2.82. The molecule has 2 N–H and O–H groups in total. The molecule has 0 spiro atoms. The van der Waals surface area contributed by atoms with Crippen LogP contribution >= 0.6 is 0 Å². The first-order valence-corrected chi connectivity index (χ1v) is 12.5. The number of rotatable bonds is 5. The Kier molecular flexibility index (Phi) is 5.67. The fourth-order valence-electron chi connectivity index (χ4n) is 6.83. The summed E-state index contributed by atoms with van der Waals surface area (Å²) in [6.07, 6.45) is 8.51. The smallest absolute Gasteiger partial charge is 0.255 e. The van der Waals surface area contributed by atoms with Gasteiger partial charge in [0.15, 0.2) is 0 Å². The van der Waals surface area contributed by atoms with Gasteiger partial charge in [0.05, 0.1) is 7.85 Å². The molecule has 0 aromatic heterocycles. The van der Waals surface area contributed by atoms with Crippen LogP contribution in [0, 0.1) is 11.3 Å². The van der Waals surface area contributed by atoms with Crippen molar-refractivity contribution < 1.29 is 14.4 Å². The first-order chi connectivity index (χ1) is 15.6. The Morgan fingerprint density at radius 3 is 2.61 bits per heavy atom. The summed E-state index contributed by atoms with van der Waals surface area (Å²) < 4.78 is 0. The number of fused-ring (bicyclic) bond motifs is 1. The van der Waals surface area contributed by atoms with Gasteiger partial charge < -0.3 is 10.2 Å². The minimum atomic E-state index is -0.564. The van der Waals surface area contributed by atoms with Gasteiger partial charge in [-0.25, -0.2) is 0 Å². The lowest BCUT2D eigenvalue weighted by Crippen LogP contribution is -2.63. The van der Waals surface area contributed by atoms with Crippen molar-refractivity contribution in [3.05, 3.63) is 34.9 Å². The molecule has 3 fully saturated rings. The van der Waals surface area contributed by atoms with Crippen molar-refractivity contribution in [2.24, 2.45) is 11.3 Å². The molecule has 7 heteroatoms. The molecule has 0 bridgehead atoms. The van der Waals surface area contributed by atoms with Gasteiger partial charge in [-0.05, 0) is 72.5 Å². The maximum Gasteiger partial charge on any atom is 0.255 e. The van der Waals surface area contributed by atoms with Crippen molar-refractivity contribution in [3.8, 4) is 0 Å². The van der Waals surface area contributed by atoms with Gasteiger partial charge in [-0.2, -0.15) is 0 Å². The van der Waals surface area contributed by atoms with E-state index in [4.69, 9.17) is 7.85 Å². The zero-order chi connectivity index (χ0) is 23.4. The van der Waals surface area contributed by atoms with Gasteiger partial charge in [0.1, 0.15) is 6.04 Å². The van der Waals surface area contributed by atoms with E-state index < -0.39 is 6.04 Å². The Labute approximate surface area is 197 Å². The van der Waals surface area contributed by atoms with Gasteiger partial charge in [-0.15, -0.1) is 0 Å². The fraction of sp³-hybridized carbons (Fsp3) is 0.654. The lowest BCUT2D eigenvalue weighted by Gasteiger charge is -2.55. The average molecular weight is 447 g/mol. The largest absolute Gasteiger partial charge is 0.322 e. The highest BCUT2D eigenvalue weighted by Crippen LogP contribution is 2.47. The van der Waals surface area contributed by atoms with Crippen molar-refractivity contribution in [1.82, 2.24) is 15.5 Å². The number of imide groups is 1. The van der Waals surface area contributed by atoms with Crippen molar-refractivity contribution in [2.75, 3.05) is 0 Å². The van der Waals surface area contributed by atoms with Crippen LogP contribution in [0.15, 0.2) is 18.2 Å². The summed E-state index contributed by atoms with van der Waals surface area (Å²) >= 11 is 0. The van der Waals surface area contributed by atoms with Crippen LogP contribution in [0.2, 0.25) is 0 Å². The average Bonchev–Trinajstić information content (AvgIpc) is 3.03. The molecule has 2 saturated carbocycles. The summed E-state index contributed by atoms with van der Waals surface area (Å²) in [5, 5.41) is 6.19. The molecule has 6 nitrogen and oxygen atoms in total. The Balaban J connectivity index is 1.27.